The van der Waals surface area contributed by atoms with Crippen LogP contribution in [-0.4, -0.2) is 8.80 Å². The zero-order valence-electron chi connectivity index (χ0n) is 10.0. The molecule has 2 aliphatic heterocycles. The lowest BCUT2D eigenvalue weighted by Gasteiger charge is -2.36. The van der Waals surface area contributed by atoms with Gasteiger partial charge in [0, 0.05) is 0 Å². The van der Waals surface area contributed by atoms with Crippen molar-refractivity contribution in [1.29, 1.82) is 0 Å². The molecule has 4 rings (SSSR count). The van der Waals surface area contributed by atoms with Gasteiger partial charge in [-0.25, -0.2) is 0 Å². The molecule has 2 aromatic carbocycles. The molecule has 0 N–H and O–H groups in total. The summed E-state index contributed by atoms with van der Waals surface area (Å²) in [6, 6.07) is 16.0. The minimum absolute atomic E-state index is 0.410. The molecule has 2 aliphatic rings. The van der Waals surface area contributed by atoms with E-state index in [1.54, 1.807) is 21.5 Å². The van der Waals surface area contributed by atoms with Crippen LogP contribution in [0.1, 0.15) is 30.9 Å². The van der Waals surface area contributed by atoms with Crippen LogP contribution in [0.5, 0.6) is 0 Å². The number of rotatable bonds is 2. The minimum Gasteiger partial charge on any atom is -0.0654 e. The molecule has 0 saturated carbocycles. The third kappa shape index (κ3) is 1.08. The summed E-state index contributed by atoms with van der Waals surface area (Å²) >= 11 is 0. The van der Waals surface area contributed by atoms with Gasteiger partial charge in [0.15, 0.2) is 0 Å². The van der Waals surface area contributed by atoms with Crippen molar-refractivity contribution in [2.24, 2.45) is 0 Å². The average Bonchev–Trinajstić information content (AvgIpc) is 2.68. The molecule has 0 nitrogen and oxygen atoms in total. The van der Waals surface area contributed by atoms with Crippen molar-refractivity contribution in [2.45, 2.75) is 25.3 Å². The highest BCUT2D eigenvalue weighted by atomic mass is 28.3. The van der Waals surface area contributed by atoms with E-state index in [4.69, 9.17) is 0 Å². The van der Waals surface area contributed by atoms with Gasteiger partial charge >= 0.3 is 0 Å². The summed E-state index contributed by atoms with van der Waals surface area (Å²) in [5.74, 6) is 0. The Morgan fingerprint density at radius 3 is 2.71 bits per heavy atom. The first kappa shape index (κ1) is 9.66. The van der Waals surface area contributed by atoms with Crippen LogP contribution >= 0.6 is 0 Å². The Balaban J connectivity index is 1.97. The Bertz CT molecular complexity index is 600. The Labute approximate surface area is 104 Å². The number of hydrogen-bond donors (Lipinski definition) is 0. The molecule has 0 aliphatic carbocycles. The fraction of sp³-hybridized carbons (Fsp3) is 0.250. The molecule has 0 fully saturated rings. The van der Waals surface area contributed by atoms with Crippen LogP contribution in [0.3, 0.4) is 0 Å². The summed E-state index contributed by atoms with van der Waals surface area (Å²) < 4.78 is 0. The zero-order valence-corrected chi connectivity index (χ0v) is 11.0. The first-order valence-electron chi connectivity index (χ1n) is 6.51. The molecular formula is C16H15Si. The van der Waals surface area contributed by atoms with E-state index < -0.39 is 8.80 Å². The lowest BCUT2D eigenvalue weighted by atomic mass is 9.99. The Kier molecular flexibility index (Phi) is 1.89. The van der Waals surface area contributed by atoms with Gasteiger partial charge < -0.3 is 0 Å². The third-order valence-corrected chi connectivity index (χ3v) is 7.58. The molecule has 1 unspecified atom stereocenters. The van der Waals surface area contributed by atoms with E-state index in [1.165, 1.54) is 18.4 Å². The fourth-order valence-corrected chi connectivity index (χ4v) is 7.26. The van der Waals surface area contributed by atoms with Crippen molar-refractivity contribution in [3.63, 3.8) is 0 Å². The van der Waals surface area contributed by atoms with E-state index >= 15 is 0 Å². The molecule has 0 aromatic heterocycles. The molecule has 1 heteroatoms. The quantitative estimate of drug-likeness (QED) is 0.702. The second-order valence-corrected chi connectivity index (χ2v) is 7.63. The number of fused-ring (bicyclic) bond motifs is 3. The second kappa shape index (κ2) is 3.33. The van der Waals surface area contributed by atoms with Gasteiger partial charge in [-0.1, -0.05) is 55.8 Å². The Morgan fingerprint density at radius 2 is 1.82 bits per heavy atom. The SMILES string of the molecule is CCCC1c2cccc3c2[Si]1c1ccccc1-3. The molecule has 1 radical (unpaired) electrons. The van der Waals surface area contributed by atoms with E-state index in [2.05, 4.69) is 49.4 Å². The van der Waals surface area contributed by atoms with Gasteiger partial charge in [-0.2, -0.15) is 0 Å². The topological polar surface area (TPSA) is 0 Å². The van der Waals surface area contributed by atoms with Gasteiger partial charge in [0.2, 0.25) is 0 Å². The maximum absolute atomic E-state index is 2.37. The molecule has 17 heavy (non-hydrogen) atoms. The predicted molar refractivity (Wildman–Crippen MR) is 74.5 cm³/mol. The van der Waals surface area contributed by atoms with Crippen LogP contribution in [0.2, 0.25) is 0 Å². The highest BCUT2D eigenvalue weighted by molar-refractivity contribution is 6.94. The normalized spacial score (nSPS) is 19.7. The first-order chi connectivity index (χ1) is 8.42. The van der Waals surface area contributed by atoms with Crippen LogP contribution in [0, 0.1) is 0 Å². The third-order valence-electron chi connectivity index (χ3n) is 4.17. The van der Waals surface area contributed by atoms with Crippen LogP contribution in [-0.2, 0) is 0 Å². The summed E-state index contributed by atoms with van der Waals surface area (Å²) in [5, 5.41) is 3.40. The van der Waals surface area contributed by atoms with Crippen molar-refractivity contribution in [2.75, 3.05) is 0 Å². The Morgan fingerprint density at radius 1 is 1.00 bits per heavy atom. The van der Waals surface area contributed by atoms with Crippen LogP contribution in [0.4, 0.5) is 0 Å². The number of hydrogen-bond acceptors (Lipinski definition) is 0. The molecule has 0 amide bonds. The molecule has 1 atom stereocenters. The van der Waals surface area contributed by atoms with Crippen molar-refractivity contribution >= 4 is 19.2 Å². The fourth-order valence-electron chi connectivity index (χ4n) is 3.50. The highest BCUT2D eigenvalue weighted by Gasteiger charge is 2.46. The maximum atomic E-state index is 2.37. The largest absolute Gasteiger partial charge is 0.131 e. The molecule has 2 aromatic rings. The molecule has 0 saturated heterocycles. The molecule has 0 spiro atoms. The van der Waals surface area contributed by atoms with Gasteiger partial charge in [0.05, 0.1) is 0 Å². The van der Waals surface area contributed by atoms with Gasteiger partial charge in [-0.3, -0.25) is 0 Å². The molecule has 83 valence electrons. The smallest absolute Gasteiger partial charge is 0.0654 e. The van der Waals surface area contributed by atoms with Crippen LogP contribution < -0.4 is 10.4 Å². The van der Waals surface area contributed by atoms with Gasteiger partial charge in [0.1, 0.15) is 8.80 Å². The lowest BCUT2D eigenvalue weighted by molar-refractivity contribution is 0.749. The van der Waals surface area contributed by atoms with Crippen molar-refractivity contribution in [1.82, 2.24) is 0 Å². The molecule has 0 bridgehead atoms. The monoisotopic (exact) mass is 235 g/mol. The van der Waals surface area contributed by atoms with E-state index in [-0.39, 0.29) is 0 Å². The van der Waals surface area contributed by atoms with Crippen molar-refractivity contribution < 1.29 is 0 Å². The highest BCUT2D eigenvalue weighted by Crippen LogP contribution is 2.40. The summed E-state index contributed by atoms with van der Waals surface area (Å²) in [5.41, 5.74) is 5.61. The molecular weight excluding hydrogens is 220 g/mol. The maximum Gasteiger partial charge on any atom is 0.131 e. The average molecular weight is 235 g/mol. The van der Waals surface area contributed by atoms with E-state index in [9.17, 15) is 0 Å². The van der Waals surface area contributed by atoms with Crippen LogP contribution in [0.25, 0.3) is 11.1 Å². The summed E-state index contributed by atoms with van der Waals surface area (Å²) in [6.07, 6.45) is 2.68. The summed E-state index contributed by atoms with van der Waals surface area (Å²) in [4.78, 5) is 0. The Hall–Kier alpha value is -1.34. The summed E-state index contributed by atoms with van der Waals surface area (Å²) in [6.45, 7) is 2.31. The standard InChI is InChI=1S/C16H15Si/c1-2-6-14-13-9-5-8-12-11-7-3-4-10-15(11)17(14)16(12)13/h3-5,7-10,14H,2,6H2,1H3. The summed E-state index contributed by atoms with van der Waals surface area (Å²) in [7, 11) is -0.410. The van der Waals surface area contributed by atoms with Gasteiger partial charge in [-0.15, -0.1) is 0 Å². The minimum atomic E-state index is -0.410. The van der Waals surface area contributed by atoms with Crippen LogP contribution in [0.15, 0.2) is 42.5 Å². The first-order valence-corrected chi connectivity index (χ1v) is 8.09. The number of benzene rings is 2. The van der Waals surface area contributed by atoms with Gasteiger partial charge in [0.25, 0.3) is 0 Å². The van der Waals surface area contributed by atoms with E-state index in [0.717, 1.165) is 5.54 Å². The van der Waals surface area contributed by atoms with Gasteiger partial charge in [-0.05, 0) is 39.0 Å². The van der Waals surface area contributed by atoms with E-state index in [0.29, 0.717) is 0 Å². The second-order valence-electron chi connectivity index (χ2n) is 5.07. The lowest BCUT2D eigenvalue weighted by Crippen LogP contribution is -2.55. The molecule has 2 heterocycles. The predicted octanol–water partition coefficient (Wildman–Crippen LogP) is 2.71. The van der Waals surface area contributed by atoms with E-state index in [1.807, 2.05) is 0 Å². The van der Waals surface area contributed by atoms with Crippen molar-refractivity contribution in [3.8, 4) is 11.1 Å². The van der Waals surface area contributed by atoms with Crippen molar-refractivity contribution in [3.05, 3.63) is 48.0 Å². The zero-order chi connectivity index (χ0) is 11.4.